The largest absolute Gasteiger partial charge is 0.450 e. The predicted octanol–water partition coefficient (Wildman–Crippen LogP) is 5.95. The quantitative estimate of drug-likeness (QED) is 0.283. The highest BCUT2D eigenvalue weighted by Crippen LogP contribution is 2.39. The number of ether oxygens (including phenoxy) is 1. The number of nitrogens with one attached hydrogen (secondary N) is 1. The van der Waals surface area contributed by atoms with Gasteiger partial charge in [0, 0.05) is 11.1 Å². The number of Topliss-reactive ketones (excluding diaryl/α,β-unsaturated/α-hetero) is 1. The van der Waals surface area contributed by atoms with E-state index in [0.717, 1.165) is 5.56 Å². The van der Waals surface area contributed by atoms with Gasteiger partial charge in [0.25, 0.3) is 5.56 Å². The van der Waals surface area contributed by atoms with Crippen molar-refractivity contribution < 1.29 is 14.3 Å². The number of thiazole rings is 1. The Morgan fingerprint density at radius 1 is 0.946 bits per heavy atom. The minimum absolute atomic E-state index is 0.0701. The molecule has 8 nitrogen and oxygen atoms in total. The topological polar surface area (TPSA) is 103 Å². The first-order chi connectivity index (χ1) is 18.0. The Hall–Kier alpha value is -4.63. The number of rotatable bonds is 6. The van der Waals surface area contributed by atoms with Gasteiger partial charge in [0.1, 0.15) is 4.88 Å². The van der Waals surface area contributed by atoms with Crippen LogP contribution in [0.3, 0.4) is 0 Å². The second-order valence-electron chi connectivity index (χ2n) is 8.10. The molecule has 0 aliphatic carbocycles. The van der Waals surface area contributed by atoms with E-state index < -0.39 is 6.09 Å². The van der Waals surface area contributed by atoms with Crippen LogP contribution in [-0.2, 0) is 4.74 Å². The summed E-state index contributed by atoms with van der Waals surface area (Å²) in [6.07, 6.45) is -0.619. The van der Waals surface area contributed by atoms with Crippen molar-refractivity contribution >= 4 is 39.2 Å². The van der Waals surface area contributed by atoms with E-state index in [1.165, 1.54) is 22.8 Å². The summed E-state index contributed by atoms with van der Waals surface area (Å²) < 4.78 is 6.54. The van der Waals surface area contributed by atoms with Crippen LogP contribution < -0.4 is 10.9 Å². The van der Waals surface area contributed by atoms with Gasteiger partial charge in [-0.3, -0.25) is 19.5 Å². The number of carbonyl (C=O) groups is 2. The van der Waals surface area contributed by atoms with Crippen molar-refractivity contribution in [1.29, 1.82) is 0 Å². The molecule has 0 unspecified atom stereocenters. The average molecular weight is 511 g/mol. The van der Waals surface area contributed by atoms with Crippen LogP contribution in [0.1, 0.15) is 24.2 Å². The standard InChI is InChI=1S/C28H22N4O4S/c1-3-36-28(35)31-27-30-23(19-9-5-4-6-10-19)24(37-27)25-29-22-12-8-7-11-21(22)26(34)32(25)20-15-13-18(14-16-20)17(2)33/h4-16H,3H2,1-2H3,(H,30,31,35). The van der Waals surface area contributed by atoms with E-state index >= 15 is 0 Å². The molecule has 2 aromatic heterocycles. The monoisotopic (exact) mass is 510 g/mol. The molecule has 3 aromatic carbocycles. The molecule has 9 heteroatoms. The van der Waals surface area contributed by atoms with Crippen LogP contribution in [0, 0.1) is 0 Å². The minimum atomic E-state index is -0.619. The van der Waals surface area contributed by atoms with Crippen LogP contribution in [-0.4, -0.2) is 33.0 Å². The van der Waals surface area contributed by atoms with E-state index in [0.29, 0.717) is 43.7 Å². The maximum atomic E-state index is 13.8. The van der Waals surface area contributed by atoms with Crippen molar-refractivity contribution in [3.8, 4) is 27.6 Å². The first kappa shape index (κ1) is 24.1. The van der Waals surface area contributed by atoms with Gasteiger partial charge in [0.2, 0.25) is 0 Å². The third kappa shape index (κ3) is 4.76. The van der Waals surface area contributed by atoms with Gasteiger partial charge in [0.15, 0.2) is 16.7 Å². The Balaban J connectivity index is 1.79. The number of amides is 1. The summed E-state index contributed by atoms with van der Waals surface area (Å²) in [5, 5.41) is 3.44. The van der Waals surface area contributed by atoms with Crippen LogP contribution in [0.4, 0.5) is 9.93 Å². The van der Waals surface area contributed by atoms with Crippen LogP contribution in [0.2, 0.25) is 0 Å². The number of hydrogen-bond donors (Lipinski definition) is 1. The Bertz CT molecular complexity index is 1670. The molecule has 0 fully saturated rings. The maximum absolute atomic E-state index is 13.8. The number of benzene rings is 3. The van der Waals surface area contributed by atoms with Crippen molar-refractivity contribution in [3.63, 3.8) is 0 Å². The molecule has 0 saturated carbocycles. The lowest BCUT2D eigenvalue weighted by Crippen LogP contribution is -2.22. The van der Waals surface area contributed by atoms with Crippen LogP contribution in [0.15, 0.2) is 83.7 Å². The Morgan fingerprint density at radius 2 is 1.65 bits per heavy atom. The molecule has 5 rings (SSSR count). The lowest BCUT2D eigenvalue weighted by Gasteiger charge is -2.14. The van der Waals surface area contributed by atoms with Crippen molar-refractivity contribution in [2.45, 2.75) is 13.8 Å². The summed E-state index contributed by atoms with van der Waals surface area (Å²) in [4.78, 5) is 47.9. The summed E-state index contributed by atoms with van der Waals surface area (Å²) in [6.45, 7) is 3.43. The number of fused-ring (bicyclic) bond motifs is 1. The van der Waals surface area contributed by atoms with E-state index in [1.807, 2.05) is 36.4 Å². The highest BCUT2D eigenvalue weighted by Gasteiger charge is 2.23. The number of para-hydroxylation sites is 1. The fourth-order valence-corrected chi connectivity index (χ4v) is 4.89. The van der Waals surface area contributed by atoms with Gasteiger partial charge in [-0.2, -0.15) is 0 Å². The van der Waals surface area contributed by atoms with Crippen molar-refractivity contribution in [3.05, 3.63) is 94.8 Å². The molecule has 184 valence electrons. The number of hydrogen-bond acceptors (Lipinski definition) is 7. The van der Waals surface area contributed by atoms with Gasteiger partial charge in [-0.05, 0) is 50.2 Å². The second-order valence-corrected chi connectivity index (χ2v) is 9.10. The summed E-state index contributed by atoms with van der Waals surface area (Å²) in [5.74, 6) is 0.298. The molecular formula is C28H22N4O4S. The first-order valence-electron chi connectivity index (χ1n) is 11.6. The molecule has 1 N–H and O–H groups in total. The molecule has 37 heavy (non-hydrogen) atoms. The zero-order valence-corrected chi connectivity index (χ0v) is 20.9. The zero-order valence-electron chi connectivity index (χ0n) is 20.1. The highest BCUT2D eigenvalue weighted by atomic mass is 32.1. The minimum Gasteiger partial charge on any atom is -0.450 e. The summed E-state index contributed by atoms with van der Waals surface area (Å²) in [6, 6.07) is 23.4. The SMILES string of the molecule is CCOC(=O)Nc1nc(-c2ccccc2)c(-c2nc3ccccc3c(=O)n2-c2ccc(C(C)=O)cc2)s1. The smallest absolute Gasteiger partial charge is 0.413 e. The van der Waals surface area contributed by atoms with Gasteiger partial charge in [0.05, 0.1) is 28.9 Å². The molecular weight excluding hydrogens is 488 g/mol. The normalized spacial score (nSPS) is 10.9. The molecule has 0 atom stereocenters. The molecule has 0 aliphatic heterocycles. The van der Waals surface area contributed by atoms with E-state index in [2.05, 4.69) is 10.3 Å². The van der Waals surface area contributed by atoms with Crippen molar-refractivity contribution in [2.75, 3.05) is 11.9 Å². The fraction of sp³-hybridized carbons (Fsp3) is 0.107. The average Bonchev–Trinajstić information content (AvgIpc) is 3.33. The van der Waals surface area contributed by atoms with Crippen LogP contribution >= 0.6 is 11.3 Å². The van der Waals surface area contributed by atoms with Gasteiger partial charge >= 0.3 is 6.09 Å². The molecule has 0 aliphatic rings. The molecule has 0 bridgehead atoms. The number of aromatic nitrogens is 3. The van der Waals surface area contributed by atoms with Crippen LogP contribution in [0.25, 0.3) is 38.5 Å². The number of anilines is 1. The predicted molar refractivity (Wildman–Crippen MR) is 145 cm³/mol. The van der Waals surface area contributed by atoms with E-state index in [9.17, 15) is 14.4 Å². The number of carbonyl (C=O) groups excluding carboxylic acids is 2. The molecule has 1 amide bonds. The second kappa shape index (κ2) is 10.2. The van der Waals surface area contributed by atoms with E-state index in [4.69, 9.17) is 9.72 Å². The van der Waals surface area contributed by atoms with Crippen LogP contribution in [0.5, 0.6) is 0 Å². The Kier molecular flexibility index (Phi) is 6.61. The summed E-state index contributed by atoms with van der Waals surface area (Å²) >= 11 is 1.20. The molecule has 5 aromatic rings. The van der Waals surface area contributed by atoms with Gasteiger partial charge < -0.3 is 4.74 Å². The number of ketones is 1. The Morgan fingerprint density at radius 3 is 2.35 bits per heavy atom. The Labute approximate surface area is 216 Å². The van der Waals surface area contributed by atoms with E-state index in [1.54, 1.807) is 49.4 Å². The van der Waals surface area contributed by atoms with Gasteiger partial charge in [-0.1, -0.05) is 53.8 Å². The van der Waals surface area contributed by atoms with Gasteiger partial charge in [-0.25, -0.2) is 14.8 Å². The molecule has 0 saturated heterocycles. The highest BCUT2D eigenvalue weighted by molar-refractivity contribution is 7.19. The summed E-state index contributed by atoms with van der Waals surface area (Å²) in [5.41, 5.74) is 2.72. The lowest BCUT2D eigenvalue weighted by molar-refractivity contribution is 0.101. The van der Waals surface area contributed by atoms with Gasteiger partial charge in [-0.15, -0.1) is 0 Å². The fourth-order valence-electron chi connectivity index (χ4n) is 3.94. The summed E-state index contributed by atoms with van der Waals surface area (Å²) in [7, 11) is 0. The number of nitrogens with zero attached hydrogens (tertiary/aromatic N) is 3. The molecule has 0 spiro atoms. The third-order valence-corrected chi connectivity index (χ3v) is 6.64. The lowest BCUT2D eigenvalue weighted by atomic mass is 10.1. The third-order valence-electron chi connectivity index (χ3n) is 5.67. The zero-order chi connectivity index (χ0) is 25.9. The molecule has 0 radical (unpaired) electrons. The van der Waals surface area contributed by atoms with Crippen molar-refractivity contribution in [2.24, 2.45) is 0 Å². The first-order valence-corrected chi connectivity index (χ1v) is 12.4. The van der Waals surface area contributed by atoms with E-state index in [-0.39, 0.29) is 17.9 Å². The molecule has 2 heterocycles. The maximum Gasteiger partial charge on any atom is 0.413 e. The van der Waals surface area contributed by atoms with Crippen molar-refractivity contribution in [1.82, 2.24) is 14.5 Å².